The molecule has 0 N–H and O–H groups in total. The van der Waals surface area contributed by atoms with E-state index in [-0.39, 0.29) is 11.7 Å². The standard InChI is InChI=1S/C14H25N3O2S/c1-4-8-18-9-14-19-13(10-20-14)17-7-6-12(15-11-17)16(3)5-2/h6-7,13-14H,4-5,8-11H2,1-3H3/t13-,14+/m0/s1. The Morgan fingerprint density at radius 2 is 2.40 bits per heavy atom. The molecule has 5 nitrogen and oxygen atoms in total. The van der Waals surface area contributed by atoms with Gasteiger partial charge >= 0.3 is 0 Å². The average Bonchev–Trinajstić information content (AvgIpc) is 2.96. The second-order valence-corrected chi connectivity index (χ2v) is 6.12. The maximum Gasteiger partial charge on any atom is 0.142 e. The summed E-state index contributed by atoms with van der Waals surface area (Å²) in [6.07, 6.45) is 5.32. The summed E-state index contributed by atoms with van der Waals surface area (Å²) in [5.41, 5.74) is 0.156. The molecule has 0 saturated carbocycles. The first-order chi connectivity index (χ1) is 9.74. The zero-order valence-corrected chi connectivity index (χ0v) is 13.4. The Hall–Kier alpha value is -0.720. The van der Waals surface area contributed by atoms with Gasteiger partial charge in [0.05, 0.1) is 6.61 Å². The molecule has 0 aromatic carbocycles. The number of nitrogens with zero attached hydrogens (tertiary/aromatic N) is 3. The van der Waals surface area contributed by atoms with Crippen LogP contribution in [-0.4, -0.2) is 66.5 Å². The lowest BCUT2D eigenvalue weighted by Crippen LogP contribution is -2.37. The van der Waals surface area contributed by atoms with Gasteiger partial charge in [0.1, 0.15) is 24.2 Å². The Morgan fingerprint density at radius 1 is 1.55 bits per heavy atom. The first-order valence-electron chi connectivity index (χ1n) is 7.29. The lowest BCUT2D eigenvalue weighted by molar-refractivity contribution is -0.0478. The van der Waals surface area contributed by atoms with Crippen LogP contribution in [0.3, 0.4) is 0 Å². The molecule has 1 fully saturated rings. The van der Waals surface area contributed by atoms with Gasteiger partial charge in [-0.25, -0.2) is 4.99 Å². The van der Waals surface area contributed by atoms with Gasteiger partial charge in [0, 0.05) is 32.2 Å². The molecule has 0 aromatic rings. The summed E-state index contributed by atoms with van der Waals surface area (Å²) in [4.78, 5) is 8.88. The second kappa shape index (κ2) is 7.90. The minimum Gasteiger partial charge on any atom is -0.378 e. The first kappa shape index (κ1) is 15.7. The van der Waals surface area contributed by atoms with Crippen LogP contribution >= 0.6 is 11.8 Å². The fraction of sp³-hybridized carbons (Fsp3) is 0.786. The zero-order valence-electron chi connectivity index (χ0n) is 12.6. The highest BCUT2D eigenvalue weighted by atomic mass is 32.2. The van der Waals surface area contributed by atoms with Gasteiger partial charge in [0.15, 0.2) is 0 Å². The summed E-state index contributed by atoms with van der Waals surface area (Å²) in [5, 5.41) is 0. The van der Waals surface area contributed by atoms with Crippen LogP contribution in [0.4, 0.5) is 0 Å². The molecular formula is C14H25N3O2S. The third-order valence-electron chi connectivity index (χ3n) is 3.38. The van der Waals surface area contributed by atoms with Crippen molar-refractivity contribution in [3.05, 3.63) is 12.3 Å². The Bertz CT molecular complexity index is 362. The lowest BCUT2D eigenvalue weighted by atomic mass is 10.4. The zero-order chi connectivity index (χ0) is 14.4. The monoisotopic (exact) mass is 299 g/mol. The number of rotatable bonds is 6. The van der Waals surface area contributed by atoms with E-state index in [4.69, 9.17) is 9.47 Å². The summed E-state index contributed by atoms with van der Waals surface area (Å²) in [6, 6.07) is 0. The SMILES string of the molecule is CCCOC[C@@H]1O[C@H](N2C=CC(N(C)CC)=NC2)CS1. The molecule has 2 aliphatic heterocycles. The van der Waals surface area contributed by atoms with E-state index in [9.17, 15) is 0 Å². The molecule has 2 atom stereocenters. The Morgan fingerprint density at radius 3 is 3.05 bits per heavy atom. The topological polar surface area (TPSA) is 37.3 Å². The Labute approximate surface area is 126 Å². The lowest BCUT2D eigenvalue weighted by Gasteiger charge is -2.29. The van der Waals surface area contributed by atoms with E-state index < -0.39 is 0 Å². The third kappa shape index (κ3) is 4.14. The highest BCUT2D eigenvalue weighted by Crippen LogP contribution is 2.28. The van der Waals surface area contributed by atoms with E-state index >= 15 is 0 Å². The predicted molar refractivity (Wildman–Crippen MR) is 83.8 cm³/mol. The van der Waals surface area contributed by atoms with Crippen LogP contribution in [0.15, 0.2) is 17.3 Å². The van der Waals surface area contributed by atoms with Crippen molar-refractivity contribution in [1.82, 2.24) is 9.80 Å². The summed E-state index contributed by atoms with van der Waals surface area (Å²) in [5.74, 6) is 2.01. The summed E-state index contributed by atoms with van der Waals surface area (Å²) in [6.45, 7) is 7.37. The molecule has 0 unspecified atom stereocenters. The minimum atomic E-state index is 0.115. The molecule has 2 rings (SSSR count). The molecule has 2 aliphatic rings. The molecule has 20 heavy (non-hydrogen) atoms. The van der Waals surface area contributed by atoms with Gasteiger partial charge in [-0.2, -0.15) is 0 Å². The van der Waals surface area contributed by atoms with Crippen molar-refractivity contribution in [2.75, 3.05) is 39.2 Å². The van der Waals surface area contributed by atoms with Crippen molar-refractivity contribution in [3.8, 4) is 0 Å². The highest BCUT2D eigenvalue weighted by molar-refractivity contribution is 8.00. The van der Waals surface area contributed by atoms with E-state index in [1.807, 2.05) is 11.8 Å². The van der Waals surface area contributed by atoms with E-state index in [0.717, 1.165) is 31.2 Å². The Kier molecular flexibility index (Phi) is 6.19. The fourth-order valence-electron chi connectivity index (χ4n) is 2.04. The van der Waals surface area contributed by atoms with Crippen LogP contribution in [0, 0.1) is 0 Å². The van der Waals surface area contributed by atoms with Crippen molar-refractivity contribution in [3.63, 3.8) is 0 Å². The van der Waals surface area contributed by atoms with Gasteiger partial charge in [-0.05, 0) is 19.4 Å². The summed E-state index contributed by atoms with van der Waals surface area (Å²) < 4.78 is 11.5. The second-order valence-electron chi connectivity index (χ2n) is 4.93. The van der Waals surface area contributed by atoms with E-state index in [0.29, 0.717) is 13.3 Å². The average molecular weight is 299 g/mol. The molecule has 0 aliphatic carbocycles. The molecular weight excluding hydrogens is 274 g/mol. The molecule has 0 amide bonds. The maximum absolute atomic E-state index is 6.00. The number of hydrogen-bond donors (Lipinski definition) is 0. The third-order valence-corrected chi connectivity index (χ3v) is 4.48. The molecule has 0 bridgehead atoms. The van der Waals surface area contributed by atoms with Gasteiger partial charge < -0.3 is 19.3 Å². The molecule has 0 aromatic heterocycles. The quantitative estimate of drug-likeness (QED) is 0.701. The van der Waals surface area contributed by atoms with Crippen molar-refractivity contribution < 1.29 is 9.47 Å². The van der Waals surface area contributed by atoms with Gasteiger partial charge in [0.25, 0.3) is 0 Å². The number of amidine groups is 1. The van der Waals surface area contributed by atoms with Gasteiger partial charge in [-0.15, -0.1) is 11.8 Å². The van der Waals surface area contributed by atoms with Gasteiger partial charge in [0.2, 0.25) is 0 Å². The maximum atomic E-state index is 6.00. The van der Waals surface area contributed by atoms with Crippen molar-refractivity contribution >= 4 is 17.6 Å². The first-order valence-corrected chi connectivity index (χ1v) is 8.33. The summed E-state index contributed by atoms with van der Waals surface area (Å²) in [7, 11) is 2.06. The number of aliphatic imine (C=N–C) groups is 1. The summed E-state index contributed by atoms with van der Waals surface area (Å²) >= 11 is 1.82. The van der Waals surface area contributed by atoms with Crippen molar-refractivity contribution in [1.29, 1.82) is 0 Å². The van der Waals surface area contributed by atoms with Crippen molar-refractivity contribution in [2.24, 2.45) is 4.99 Å². The molecule has 2 heterocycles. The van der Waals surface area contributed by atoms with E-state index in [2.05, 4.69) is 48.0 Å². The molecule has 0 radical (unpaired) electrons. The van der Waals surface area contributed by atoms with Gasteiger partial charge in [-0.3, -0.25) is 0 Å². The number of thioether (sulfide) groups is 1. The normalized spacial score (nSPS) is 25.9. The van der Waals surface area contributed by atoms with E-state index in [1.165, 1.54) is 0 Å². The van der Waals surface area contributed by atoms with Crippen LogP contribution in [0.5, 0.6) is 0 Å². The van der Waals surface area contributed by atoms with Gasteiger partial charge in [-0.1, -0.05) is 6.92 Å². The van der Waals surface area contributed by atoms with Crippen LogP contribution < -0.4 is 0 Å². The van der Waals surface area contributed by atoms with Crippen molar-refractivity contribution in [2.45, 2.75) is 31.9 Å². The predicted octanol–water partition coefficient (Wildman–Crippen LogP) is 1.97. The number of hydrogen-bond acceptors (Lipinski definition) is 6. The Balaban J connectivity index is 1.75. The molecule has 1 saturated heterocycles. The van der Waals surface area contributed by atoms with Crippen LogP contribution in [0.25, 0.3) is 0 Å². The highest BCUT2D eigenvalue weighted by Gasteiger charge is 2.30. The number of likely N-dealkylation sites (N-methyl/N-ethyl adjacent to an activating group) is 1. The molecule has 0 spiro atoms. The van der Waals surface area contributed by atoms with Crippen LogP contribution in [0.1, 0.15) is 20.3 Å². The number of ether oxygens (including phenoxy) is 2. The largest absolute Gasteiger partial charge is 0.378 e. The van der Waals surface area contributed by atoms with E-state index in [1.54, 1.807) is 0 Å². The molecule has 114 valence electrons. The smallest absolute Gasteiger partial charge is 0.142 e. The van der Waals surface area contributed by atoms with Crippen LogP contribution in [-0.2, 0) is 9.47 Å². The molecule has 6 heteroatoms. The fourth-order valence-corrected chi connectivity index (χ4v) is 3.09. The minimum absolute atomic E-state index is 0.115. The van der Waals surface area contributed by atoms with Crippen LogP contribution in [0.2, 0.25) is 0 Å².